The first-order valence-corrected chi connectivity index (χ1v) is 27.4. The molecule has 0 saturated carbocycles. The molecule has 382 valence electrons. The van der Waals surface area contributed by atoms with Crippen molar-refractivity contribution in [1.29, 1.82) is 0 Å². The van der Waals surface area contributed by atoms with Crippen LogP contribution < -0.4 is 19.6 Å². The van der Waals surface area contributed by atoms with Gasteiger partial charge in [0.1, 0.15) is 0 Å². The van der Waals surface area contributed by atoms with Gasteiger partial charge in [-0.05, 0) is 203 Å². The van der Waals surface area contributed by atoms with E-state index in [2.05, 4.69) is 349 Å². The lowest BCUT2D eigenvalue weighted by molar-refractivity contribution is 1.28. The summed E-state index contributed by atoms with van der Waals surface area (Å²) in [6, 6.07) is 114. The number of rotatable bonds is 14. The van der Waals surface area contributed by atoms with E-state index in [1.807, 2.05) is 0 Å². The molecule has 0 radical (unpaired) electrons. The lowest BCUT2D eigenvalue weighted by Gasteiger charge is -2.27. The van der Waals surface area contributed by atoms with Gasteiger partial charge >= 0.3 is 0 Å². The second-order valence-electron chi connectivity index (χ2n) is 20.4. The molecule has 13 rings (SSSR count). The predicted octanol–water partition coefficient (Wildman–Crippen LogP) is 21.8. The maximum absolute atomic E-state index is 2.36. The van der Waals surface area contributed by atoms with Crippen LogP contribution >= 0.6 is 0 Å². The summed E-state index contributed by atoms with van der Waals surface area (Å²) in [5.74, 6) is 0. The fourth-order valence-corrected chi connectivity index (χ4v) is 11.0. The molecule has 13 aromatic rings. The Morgan fingerprint density at radius 2 is 0.375 bits per heavy atom. The fraction of sp³-hybridized carbons (Fsp3) is 0.0263. The zero-order chi connectivity index (χ0) is 53.8. The summed E-state index contributed by atoms with van der Waals surface area (Å²) in [5, 5.41) is 4.80. The Morgan fingerprint density at radius 1 is 0.175 bits per heavy atom. The Labute approximate surface area is 469 Å². The van der Waals surface area contributed by atoms with Crippen LogP contribution in [0.2, 0.25) is 0 Å². The van der Waals surface area contributed by atoms with Crippen molar-refractivity contribution in [3.8, 4) is 22.3 Å². The number of benzene rings is 13. The van der Waals surface area contributed by atoms with E-state index >= 15 is 0 Å². The van der Waals surface area contributed by atoms with Crippen LogP contribution in [-0.4, -0.2) is 0 Å². The Bertz CT molecular complexity index is 3830. The van der Waals surface area contributed by atoms with Crippen molar-refractivity contribution < 1.29 is 0 Å². The van der Waals surface area contributed by atoms with E-state index in [1.54, 1.807) is 0 Å². The molecule has 80 heavy (non-hydrogen) atoms. The number of hydrogen-bond acceptors (Lipinski definition) is 4. The largest absolute Gasteiger partial charge is 0.311 e. The maximum Gasteiger partial charge on any atom is 0.0468 e. The summed E-state index contributed by atoms with van der Waals surface area (Å²) < 4.78 is 0. The molecule has 0 aliphatic carbocycles. The van der Waals surface area contributed by atoms with Crippen molar-refractivity contribution >= 4 is 89.8 Å². The average Bonchev–Trinajstić information content (AvgIpc) is 3.66. The van der Waals surface area contributed by atoms with Crippen LogP contribution in [0, 0.1) is 13.8 Å². The van der Waals surface area contributed by atoms with E-state index < -0.39 is 0 Å². The van der Waals surface area contributed by atoms with Crippen LogP contribution in [0.5, 0.6) is 0 Å². The van der Waals surface area contributed by atoms with Gasteiger partial charge < -0.3 is 19.6 Å². The third-order valence-electron chi connectivity index (χ3n) is 15.1. The highest BCUT2D eigenvalue weighted by molar-refractivity contribution is 6.10. The molecule has 0 N–H and O–H groups in total. The number of anilines is 12. The van der Waals surface area contributed by atoms with E-state index in [0.717, 1.165) is 90.5 Å². The molecular weight excluding hydrogens is 969 g/mol. The Morgan fingerprint density at radius 3 is 0.625 bits per heavy atom. The molecule has 0 fully saturated rings. The molecule has 0 bridgehead atoms. The van der Waals surface area contributed by atoms with Crippen LogP contribution in [0.15, 0.2) is 315 Å². The summed E-state index contributed by atoms with van der Waals surface area (Å²) in [5.41, 5.74) is 20.4. The molecular formula is C76H58N4. The number of hydrogen-bond donors (Lipinski definition) is 0. The summed E-state index contributed by atoms with van der Waals surface area (Å²) in [6.45, 7) is 4.28. The van der Waals surface area contributed by atoms with E-state index in [9.17, 15) is 0 Å². The first-order valence-electron chi connectivity index (χ1n) is 27.4. The summed E-state index contributed by atoms with van der Waals surface area (Å²) in [6.07, 6.45) is 0. The van der Waals surface area contributed by atoms with Gasteiger partial charge in [-0.1, -0.05) is 181 Å². The fourth-order valence-electron chi connectivity index (χ4n) is 11.0. The summed E-state index contributed by atoms with van der Waals surface area (Å²) >= 11 is 0. The molecule has 0 unspecified atom stereocenters. The topological polar surface area (TPSA) is 13.0 Å². The molecule has 0 aliphatic rings. The number of aryl methyl sites for hydroxylation is 2. The molecule has 0 amide bonds. The van der Waals surface area contributed by atoms with Crippen LogP contribution in [-0.2, 0) is 0 Å². The van der Waals surface area contributed by atoms with Crippen molar-refractivity contribution in [2.24, 2.45) is 0 Å². The first kappa shape index (κ1) is 49.2. The maximum atomic E-state index is 2.36. The molecule has 13 aromatic carbocycles. The number of nitrogens with zero attached hydrogens (tertiary/aromatic N) is 4. The van der Waals surface area contributed by atoms with Crippen LogP contribution in [0.25, 0.3) is 43.8 Å². The average molecular weight is 1030 g/mol. The Hall–Kier alpha value is -10.4. The van der Waals surface area contributed by atoms with Crippen LogP contribution in [0.3, 0.4) is 0 Å². The van der Waals surface area contributed by atoms with Gasteiger partial charge in [-0.2, -0.15) is 0 Å². The third kappa shape index (κ3) is 10.1. The SMILES string of the molecule is Cc1ccc(N(c2ccc(-c3ccc(N(c4ccccc4)c4ccccc4)cc3)cc2)c2ccc3c(ccc4cc(N(c5ccc(C)cc5)c5ccc(-c6ccc(N(c7ccccc7)c7ccccc7)cc6)cc5)ccc43)c2)cc1. The number of para-hydroxylation sites is 4. The summed E-state index contributed by atoms with van der Waals surface area (Å²) in [4.78, 5) is 9.32. The quantitative estimate of drug-likeness (QED) is 0.101. The minimum atomic E-state index is 1.09. The minimum absolute atomic E-state index is 1.09. The molecule has 0 saturated heterocycles. The van der Waals surface area contributed by atoms with E-state index in [0.29, 0.717) is 0 Å². The van der Waals surface area contributed by atoms with Crippen molar-refractivity contribution in [1.82, 2.24) is 0 Å². The zero-order valence-electron chi connectivity index (χ0n) is 44.8. The smallest absolute Gasteiger partial charge is 0.0468 e. The molecule has 0 aromatic heterocycles. The minimum Gasteiger partial charge on any atom is -0.311 e. The second-order valence-corrected chi connectivity index (χ2v) is 20.4. The third-order valence-corrected chi connectivity index (χ3v) is 15.1. The van der Waals surface area contributed by atoms with Gasteiger partial charge in [0.25, 0.3) is 0 Å². The normalized spacial score (nSPS) is 11.1. The van der Waals surface area contributed by atoms with Gasteiger partial charge in [-0.3, -0.25) is 0 Å². The lowest BCUT2D eigenvalue weighted by Crippen LogP contribution is -2.10. The highest BCUT2D eigenvalue weighted by atomic mass is 15.2. The van der Waals surface area contributed by atoms with E-state index in [-0.39, 0.29) is 0 Å². The van der Waals surface area contributed by atoms with Crippen LogP contribution in [0.4, 0.5) is 68.2 Å². The van der Waals surface area contributed by atoms with Gasteiger partial charge in [0.05, 0.1) is 0 Å². The molecule has 0 spiro atoms. The van der Waals surface area contributed by atoms with Crippen molar-refractivity contribution in [3.63, 3.8) is 0 Å². The standard InChI is InChI=1S/C76H58N4/c1-55-23-37-67(38-24-55)79(71-45-33-59(34-46-71)57-29-41-69(42-30-57)77(63-15-7-3-8-16-63)64-17-9-4-10-18-64)73-49-51-75-61(53-73)27-28-62-54-74(50-52-76(62)75)80(68-39-25-56(2)26-40-68)72-47-35-60(36-48-72)58-31-43-70(44-32-58)78(65-19-11-5-12-20-65)66-21-13-6-14-22-66/h3-54H,1-2H3. The zero-order valence-corrected chi connectivity index (χ0v) is 44.8. The van der Waals surface area contributed by atoms with Gasteiger partial charge in [-0.25, -0.2) is 0 Å². The Balaban J connectivity index is 0.787. The molecule has 4 nitrogen and oxygen atoms in total. The van der Waals surface area contributed by atoms with Crippen molar-refractivity contribution in [2.75, 3.05) is 19.6 Å². The highest BCUT2D eigenvalue weighted by Gasteiger charge is 2.19. The van der Waals surface area contributed by atoms with Crippen molar-refractivity contribution in [2.45, 2.75) is 13.8 Å². The summed E-state index contributed by atoms with van der Waals surface area (Å²) in [7, 11) is 0. The van der Waals surface area contributed by atoms with Crippen LogP contribution in [0.1, 0.15) is 11.1 Å². The molecule has 4 heteroatoms. The predicted molar refractivity (Wildman–Crippen MR) is 341 cm³/mol. The van der Waals surface area contributed by atoms with Gasteiger partial charge in [0, 0.05) is 68.2 Å². The first-order chi connectivity index (χ1) is 39.5. The van der Waals surface area contributed by atoms with E-state index in [4.69, 9.17) is 0 Å². The highest BCUT2D eigenvalue weighted by Crippen LogP contribution is 2.43. The molecule has 0 heterocycles. The van der Waals surface area contributed by atoms with E-state index in [1.165, 1.54) is 32.7 Å². The van der Waals surface area contributed by atoms with Gasteiger partial charge in [0.2, 0.25) is 0 Å². The Kier molecular flexibility index (Phi) is 13.5. The monoisotopic (exact) mass is 1030 g/mol. The lowest BCUT2D eigenvalue weighted by atomic mass is 9.99. The number of fused-ring (bicyclic) bond motifs is 3. The van der Waals surface area contributed by atoms with Gasteiger partial charge in [0.15, 0.2) is 0 Å². The van der Waals surface area contributed by atoms with Crippen molar-refractivity contribution in [3.05, 3.63) is 327 Å². The molecule has 0 atom stereocenters. The van der Waals surface area contributed by atoms with Gasteiger partial charge in [-0.15, -0.1) is 0 Å². The second kappa shape index (κ2) is 21.9. The molecule has 0 aliphatic heterocycles.